The average Bonchev–Trinajstić information content (AvgIpc) is 2.63. The minimum Gasteiger partial charge on any atom is -0.497 e. The van der Waals surface area contributed by atoms with Gasteiger partial charge in [-0.15, -0.1) is 0 Å². The van der Waals surface area contributed by atoms with Crippen LogP contribution in [-0.2, 0) is 14.3 Å². The molecule has 2 aromatic rings. The molecule has 1 amide bonds. The number of methoxy groups -OCH3 is 1. The summed E-state index contributed by atoms with van der Waals surface area (Å²) in [6.07, 6.45) is -1.03. The van der Waals surface area contributed by atoms with Gasteiger partial charge in [-0.1, -0.05) is 30.3 Å². The molecule has 0 aromatic heterocycles. The first-order chi connectivity index (χ1) is 12.4. The molecule has 8 nitrogen and oxygen atoms in total. The third kappa shape index (κ3) is 2.97. The number of rotatable bonds is 5. The Kier molecular flexibility index (Phi) is 4.57. The molecule has 26 heavy (non-hydrogen) atoms. The Bertz CT molecular complexity index is 867. The Labute approximate surface area is 149 Å². The number of nitrogens with zero attached hydrogens (tertiary/aromatic N) is 2. The van der Waals surface area contributed by atoms with E-state index in [0.29, 0.717) is 11.3 Å². The van der Waals surface area contributed by atoms with Crippen LogP contribution in [0.4, 0.5) is 11.4 Å². The monoisotopic (exact) mass is 356 g/mol. The maximum absolute atomic E-state index is 12.6. The molecule has 1 unspecified atom stereocenters. The zero-order chi connectivity index (χ0) is 18.8. The van der Waals surface area contributed by atoms with E-state index in [1.165, 1.54) is 37.1 Å². The van der Waals surface area contributed by atoms with Crippen LogP contribution in [0.15, 0.2) is 48.5 Å². The maximum Gasteiger partial charge on any atom is 0.303 e. The lowest BCUT2D eigenvalue weighted by atomic mass is 9.89. The Morgan fingerprint density at radius 3 is 2.46 bits per heavy atom. The first kappa shape index (κ1) is 17.4. The normalized spacial score (nSPS) is 18.8. The number of benzene rings is 2. The fourth-order valence-corrected chi connectivity index (χ4v) is 2.98. The first-order valence-electron chi connectivity index (χ1n) is 7.81. The van der Waals surface area contributed by atoms with Crippen molar-refractivity contribution < 1.29 is 24.0 Å². The molecule has 0 N–H and O–H groups in total. The predicted molar refractivity (Wildman–Crippen MR) is 91.9 cm³/mol. The smallest absolute Gasteiger partial charge is 0.303 e. The van der Waals surface area contributed by atoms with Crippen LogP contribution in [-0.4, -0.2) is 30.0 Å². The highest BCUT2D eigenvalue weighted by Gasteiger charge is 2.53. The van der Waals surface area contributed by atoms with E-state index in [-0.39, 0.29) is 11.4 Å². The predicted octanol–water partition coefficient (Wildman–Crippen LogP) is 2.62. The molecule has 134 valence electrons. The molecule has 2 aromatic carbocycles. The molecular formula is C18H16N2O6. The molecule has 0 bridgehead atoms. The van der Waals surface area contributed by atoms with E-state index in [4.69, 9.17) is 9.47 Å². The van der Waals surface area contributed by atoms with Crippen molar-refractivity contribution in [1.29, 1.82) is 0 Å². The summed E-state index contributed by atoms with van der Waals surface area (Å²) in [4.78, 5) is 36.1. The van der Waals surface area contributed by atoms with Crippen molar-refractivity contribution in [3.8, 4) is 5.75 Å². The number of anilines is 1. The summed E-state index contributed by atoms with van der Waals surface area (Å²) in [6, 6.07) is 12.4. The number of esters is 1. The van der Waals surface area contributed by atoms with Crippen LogP contribution >= 0.6 is 0 Å². The molecule has 1 heterocycles. The van der Waals surface area contributed by atoms with Gasteiger partial charge in [-0.25, -0.2) is 0 Å². The van der Waals surface area contributed by atoms with Crippen molar-refractivity contribution in [3.63, 3.8) is 0 Å². The molecule has 0 radical (unpaired) electrons. The molecule has 0 spiro atoms. The average molecular weight is 356 g/mol. The highest BCUT2D eigenvalue weighted by molar-refractivity contribution is 6.07. The van der Waals surface area contributed by atoms with Crippen LogP contribution in [0.2, 0.25) is 0 Å². The van der Waals surface area contributed by atoms with Crippen LogP contribution in [0, 0.1) is 10.1 Å². The third-order valence-corrected chi connectivity index (χ3v) is 4.12. The lowest BCUT2D eigenvalue weighted by molar-refractivity contribution is -0.384. The van der Waals surface area contributed by atoms with Gasteiger partial charge in [0.25, 0.3) is 11.6 Å². The van der Waals surface area contributed by atoms with Crippen molar-refractivity contribution in [1.82, 2.24) is 0 Å². The van der Waals surface area contributed by atoms with Gasteiger partial charge in [-0.3, -0.25) is 24.6 Å². The van der Waals surface area contributed by atoms with Crippen LogP contribution in [0.3, 0.4) is 0 Å². The van der Waals surface area contributed by atoms with E-state index in [0.717, 1.165) is 0 Å². The summed E-state index contributed by atoms with van der Waals surface area (Å²) in [5.41, 5.74) is 0.563. The molecule has 1 fully saturated rings. The molecule has 0 saturated carbocycles. The van der Waals surface area contributed by atoms with Crippen molar-refractivity contribution >= 4 is 23.3 Å². The largest absolute Gasteiger partial charge is 0.497 e. The highest BCUT2D eigenvalue weighted by atomic mass is 16.6. The van der Waals surface area contributed by atoms with E-state index >= 15 is 0 Å². The van der Waals surface area contributed by atoms with E-state index in [1.807, 2.05) is 6.07 Å². The number of ether oxygens (including phenoxy) is 2. The number of carbonyl (C=O) groups is 2. The second-order valence-corrected chi connectivity index (χ2v) is 5.71. The maximum atomic E-state index is 12.6. The summed E-state index contributed by atoms with van der Waals surface area (Å²) < 4.78 is 10.3. The Morgan fingerprint density at radius 2 is 1.88 bits per heavy atom. The van der Waals surface area contributed by atoms with Crippen molar-refractivity contribution in [2.45, 2.75) is 19.1 Å². The minimum atomic E-state index is -1.03. The Morgan fingerprint density at radius 1 is 1.19 bits per heavy atom. The lowest BCUT2D eigenvalue weighted by Crippen LogP contribution is -2.60. The molecule has 3 rings (SSSR count). The van der Waals surface area contributed by atoms with Crippen molar-refractivity contribution in [3.05, 3.63) is 64.2 Å². The zero-order valence-corrected chi connectivity index (χ0v) is 14.1. The molecular weight excluding hydrogens is 340 g/mol. The van der Waals surface area contributed by atoms with Gasteiger partial charge in [0.15, 0.2) is 0 Å². The number of hydrogen-bond acceptors (Lipinski definition) is 6. The molecule has 8 heteroatoms. The number of amides is 1. The number of nitro benzene ring substituents is 1. The fourth-order valence-electron chi connectivity index (χ4n) is 2.98. The molecule has 1 aliphatic heterocycles. The number of β-lactam (4-membered cyclic amide) rings is 1. The number of hydrogen-bond donors (Lipinski definition) is 0. The van der Waals surface area contributed by atoms with Gasteiger partial charge in [-0.05, 0) is 11.6 Å². The number of nitro groups is 1. The van der Waals surface area contributed by atoms with Crippen molar-refractivity contribution in [2.24, 2.45) is 0 Å². The van der Waals surface area contributed by atoms with Gasteiger partial charge in [0.05, 0.1) is 12.0 Å². The van der Waals surface area contributed by atoms with Gasteiger partial charge in [0, 0.05) is 19.1 Å². The van der Waals surface area contributed by atoms with Crippen LogP contribution in [0.1, 0.15) is 18.5 Å². The first-order valence-corrected chi connectivity index (χ1v) is 7.81. The van der Waals surface area contributed by atoms with Crippen LogP contribution in [0.5, 0.6) is 5.75 Å². The van der Waals surface area contributed by atoms with E-state index in [2.05, 4.69) is 0 Å². The van der Waals surface area contributed by atoms with Crippen LogP contribution in [0.25, 0.3) is 0 Å². The Balaban J connectivity index is 2.09. The van der Waals surface area contributed by atoms with Gasteiger partial charge in [0.1, 0.15) is 17.5 Å². The summed E-state index contributed by atoms with van der Waals surface area (Å²) in [6.45, 7) is 1.21. The summed E-state index contributed by atoms with van der Waals surface area (Å²) in [5, 5.41) is 11.4. The van der Waals surface area contributed by atoms with E-state index in [1.54, 1.807) is 24.3 Å². The molecule has 0 aliphatic carbocycles. The second-order valence-electron chi connectivity index (χ2n) is 5.71. The summed E-state index contributed by atoms with van der Waals surface area (Å²) in [7, 11) is 1.43. The third-order valence-electron chi connectivity index (χ3n) is 4.12. The Hall–Kier alpha value is -3.42. The van der Waals surface area contributed by atoms with E-state index in [9.17, 15) is 19.7 Å². The summed E-state index contributed by atoms with van der Waals surface area (Å²) >= 11 is 0. The van der Waals surface area contributed by atoms with Crippen molar-refractivity contribution in [2.75, 3.05) is 12.0 Å². The number of carbonyl (C=O) groups excluding carboxylic acids is 2. The van der Waals surface area contributed by atoms with E-state index < -0.39 is 28.9 Å². The highest BCUT2D eigenvalue weighted by Crippen LogP contribution is 2.45. The molecule has 1 aliphatic rings. The van der Waals surface area contributed by atoms with Gasteiger partial charge >= 0.3 is 5.97 Å². The minimum absolute atomic E-state index is 0.0941. The topological polar surface area (TPSA) is 99.0 Å². The summed E-state index contributed by atoms with van der Waals surface area (Å²) in [5.74, 6) is -0.740. The lowest BCUT2D eigenvalue weighted by Gasteiger charge is -2.45. The second kappa shape index (κ2) is 6.83. The molecule has 2 atom stereocenters. The quantitative estimate of drug-likeness (QED) is 0.353. The van der Waals surface area contributed by atoms with Crippen LogP contribution < -0.4 is 9.64 Å². The SMILES string of the molecule is COc1ccc([N+](=O)[O-])c(N2C(=O)C(OC(C)=O)[C@@H]2c2ccccc2)c1. The fraction of sp³-hybridized carbons (Fsp3) is 0.222. The van der Waals surface area contributed by atoms with Gasteiger partial charge < -0.3 is 9.47 Å². The van der Waals surface area contributed by atoms with Gasteiger partial charge in [0.2, 0.25) is 6.10 Å². The zero-order valence-electron chi connectivity index (χ0n) is 14.1. The standard InChI is InChI=1S/C18H16N2O6/c1-11(21)26-17-16(12-6-4-3-5-7-12)19(18(17)22)15-10-13(25-2)8-9-14(15)20(23)24/h3-10,16-17H,1-2H3/t16-,17?/m0/s1. The molecule has 1 saturated heterocycles. The van der Waals surface area contributed by atoms with Gasteiger partial charge in [-0.2, -0.15) is 0 Å².